The summed E-state index contributed by atoms with van der Waals surface area (Å²) >= 11 is 7.30. The highest BCUT2D eigenvalue weighted by molar-refractivity contribution is 8.00. The van der Waals surface area contributed by atoms with Crippen molar-refractivity contribution in [3.8, 4) is 5.75 Å². The lowest BCUT2D eigenvalue weighted by Crippen LogP contribution is -2.23. The van der Waals surface area contributed by atoms with E-state index in [0.717, 1.165) is 17.0 Å². The Balaban J connectivity index is 2.12. The van der Waals surface area contributed by atoms with Crippen LogP contribution in [0.1, 0.15) is 23.9 Å². The van der Waals surface area contributed by atoms with Gasteiger partial charge in [-0.2, -0.15) is 0 Å². The average molecular weight is 366 g/mol. The number of methoxy groups -OCH3 is 1. The zero-order valence-corrected chi connectivity index (χ0v) is 15.9. The van der Waals surface area contributed by atoms with Crippen LogP contribution in [0.2, 0.25) is 5.02 Å². The van der Waals surface area contributed by atoms with Gasteiger partial charge < -0.3 is 10.1 Å². The van der Waals surface area contributed by atoms with Crippen LogP contribution in [-0.2, 0) is 4.79 Å². The smallest absolute Gasteiger partial charge is 0.237 e. The summed E-state index contributed by atoms with van der Waals surface area (Å²) in [5.74, 6) is 0.392. The number of benzene rings is 1. The third kappa shape index (κ3) is 4.39. The highest BCUT2D eigenvalue weighted by Gasteiger charge is 2.18. The van der Waals surface area contributed by atoms with E-state index in [-0.39, 0.29) is 11.2 Å². The van der Waals surface area contributed by atoms with Crippen molar-refractivity contribution < 1.29 is 9.53 Å². The van der Waals surface area contributed by atoms with Gasteiger partial charge in [-0.05, 0) is 51.5 Å². The summed E-state index contributed by atoms with van der Waals surface area (Å²) in [5, 5.41) is 3.59. The second kappa shape index (κ2) is 7.85. The number of halogens is 1. The Labute approximate surface area is 151 Å². The number of thioether (sulfide) groups is 1. The molecule has 2 rings (SSSR count). The van der Waals surface area contributed by atoms with Crippen LogP contribution < -0.4 is 10.1 Å². The van der Waals surface area contributed by atoms with Crippen molar-refractivity contribution in [2.45, 2.75) is 38.1 Å². The predicted molar refractivity (Wildman–Crippen MR) is 98.2 cm³/mol. The van der Waals surface area contributed by atoms with Gasteiger partial charge >= 0.3 is 0 Å². The molecule has 0 aliphatic heterocycles. The van der Waals surface area contributed by atoms with Crippen LogP contribution in [0.3, 0.4) is 0 Å². The summed E-state index contributed by atoms with van der Waals surface area (Å²) in [6.07, 6.45) is 0. The molecule has 0 spiro atoms. The number of aromatic nitrogens is 2. The van der Waals surface area contributed by atoms with Crippen LogP contribution in [0.25, 0.3) is 0 Å². The number of carbonyl (C=O) groups excluding carboxylic acids is 1. The maximum atomic E-state index is 12.4. The number of amides is 1. The van der Waals surface area contributed by atoms with E-state index in [0.29, 0.717) is 21.6 Å². The number of hydrogen-bond donors (Lipinski definition) is 1. The molecule has 1 unspecified atom stereocenters. The van der Waals surface area contributed by atoms with Crippen molar-refractivity contribution in [1.82, 2.24) is 9.97 Å². The molecule has 1 amide bonds. The van der Waals surface area contributed by atoms with Gasteiger partial charge in [-0.15, -0.1) is 0 Å². The highest BCUT2D eigenvalue weighted by atomic mass is 35.5. The summed E-state index contributed by atoms with van der Waals surface area (Å²) in [6, 6.07) is 5.08. The van der Waals surface area contributed by atoms with Gasteiger partial charge in [0.2, 0.25) is 5.91 Å². The molecule has 2 aromatic rings. The van der Waals surface area contributed by atoms with Gasteiger partial charge in [0.25, 0.3) is 0 Å². The monoisotopic (exact) mass is 365 g/mol. The molecule has 1 aromatic heterocycles. The first-order valence-electron chi connectivity index (χ1n) is 7.44. The Bertz CT molecular complexity index is 744. The standard InChI is InChI=1S/C17H20ClN3O2S/c1-9-10(2)19-17(20-11(9)3)24-12(4)16(22)21-14-8-13(18)6-7-15(14)23-5/h6-8,12H,1-5H3,(H,21,22). The number of nitrogens with one attached hydrogen (secondary N) is 1. The zero-order chi connectivity index (χ0) is 17.9. The summed E-state index contributed by atoms with van der Waals surface area (Å²) in [7, 11) is 1.54. The van der Waals surface area contributed by atoms with Crippen LogP contribution in [0.4, 0.5) is 5.69 Å². The Morgan fingerprint density at radius 1 is 1.25 bits per heavy atom. The number of aryl methyl sites for hydroxylation is 2. The average Bonchev–Trinajstić information content (AvgIpc) is 2.52. The second-order valence-corrected chi connectivity index (χ2v) is 7.14. The van der Waals surface area contributed by atoms with Gasteiger partial charge in [0.05, 0.1) is 18.0 Å². The van der Waals surface area contributed by atoms with E-state index in [9.17, 15) is 4.79 Å². The van der Waals surface area contributed by atoms with Gasteiger partial charge in [-0.25, -0.2) is 9.97 Å². The molecule has 0 bridgehead atoms. The van der Waals surface area contributed by atoms with Crippen LogP contribution >= 0.6 is 23.4 Å². The van der Waals surface area contributed by atoms with Crippen molar-refractivity contribution >= 4 is 35.0 Å². The largest absolute Gasteiger partial charge is 0.495 e. The number of nitrogens with zero attached hydrogens (tertiary/aromatic N) is 2. The number of anilines is 1. The lowest BCUT2D eigenvalue weighted by molar-refractivity contribution is -0.115. The van der Waals surface area contributed by atoms with E-state index >= 15 is 0 Å². The highest BCUT2D eigenvalue weighted by Crippen LogP contribution is 2.29. The molecule has 128 valence electrons. The number of rotatable bonds is 5. The lowest BCUT2D eigenvalue weighted by Gasteiger charge is -2.14. The fraction of sp³-hybridized carbons (Fsp3) is 0.353. The summed E-state index contributed by atoms with van der Waals surface area (Å²) in [6.45, 7) is 7.68. The number of carbonyl (C=O) groups is 1. The second-order valence-electron chi connectivity index (χ2n) is 5.40. The maximum absolute atomic E-state index is 12.4. The van der Waals surface area contributed by atoms with Gasteiger partial charge in [-0.1, -0.05) is 23.4 Å². The molecule has 0 aliphatic carbocycles. The SMILES string of the molecule is COc1ccc(Cl)cc1NC(=O)C(C)Sc1nc(C)c(C)c(C)n1. The molecule has 0 saturated carbocycles. The summed E-state index contributed by atoms with van der Waals surface area (Å²) in [5.41, 5.74) is 3.46. The maximum Gasteiger partial charge on any atom is 0.237 e. The lowest BCUT2D eigenvalue weighted by atomic mass is 10.2. The van der Waals surface area contributed by atoms with Gasteiger partial charge in [0, 0.05) is 16.4 Å². The molecule has 1 atom stereocenters. The van der Waals surface area contributed by atoms with Crippen molar-refractivity contribution in [2.24, 2.45) is 0 Å². The van der Waals surface area contributed by atoms with Gasteiger partial charge in [0.15, 0.2) is 5.16 Å². The van der Waals surface area contributed by atoms with E-state index < -0.39 is 0 Å². The van der Waals surface area contributed by atoms with Gasteiger partial charge in [0.1, 0.15) is 5.75 Å². The molecule has 1 N–H and O–H groups in total. The first-order valence-corrected chi connectivity index (χ1v) is 8.70. The van der Waals surface area contributed by atoms with Crippen LogP contribution in [0.15, 0.2) is 23.4 Å². The third-order valence-electron chi connectivity index (χ3n) is 3.68. The molecule has 24 heavy (non-hydrogen) atoms. The summed E-state index contributed by atoms with van der Waals surface area (Å²) in [4.78, 5) is 21.3. The molecule has 0 aliphatic rings. The molecule has 1 heterocycles. The molecule has 5 nitrogen and oxygen atoms in total. The number of hydrogen-bond acceptors (Lipinski definition) is 5. The topological polar surface area (TPSA) is 64.1 Å². The fourth-order valence-electron chi connectivity index (χ4n) is 2.02. The fourth-order valence-corrected chi connectivity index (χ4v) is 3.05. The van der Waals surface area contributed by atoms with E-state index in [1.54, 1.807) is 25.3 Å². The van der Waals surface area contributed by atoms with Crippen LogP contribution in [-0.4, -0.2) is 28.2 Å². The van der Waals surface area contributed by atoms with Crippen LogP contribution in [0, 0.1) is 20.8 Å². The van der Waals surface area contributed by atoms with Crippen LogP contribution in [0.5, 0.6) is 5.75 Å². The van der Waals surface area contributed by atoms with Gasteiger partial charge in [-0.3, -0.25) is 4.79 Å². The third-order valence-corrected chi connectivity index (χ3v) is 4.88. The Morgan fingerprint density at radius 2 is 1.88 bits per heavy atom. The van der Waals surface area contributed by atoms with E-state index in [1.165, 1.54) is 11.8 Å². The summed E-state index contributed by atoms with van der Waals surface area (Å²) < 4.78 is 5.24. The molecule has 0 saturated heterocycles. The first-order chi connectivity index (χ1) is 11.3. The Hall–Kier alpha value is -1.79. The van der Waals surface area contributed by atoms with E-state index in [4.69, 9.17) is 16.3 Å². The Morgan fingerprint density at radius 3 is 2.46 bits per heavy atom. The minimum absolute atomic E-state index is 0.167. The number of ether oxygens (including phenoxy) is 1. The van der Waals surface area contributed by atoms with Crippen molar-refractivity contribution in [3.63, 3.8) is 0 Å². The molecular weight excluding hydrogens is 346 g/mol. The van der Waals surface area contributed by atoms with E-state index in [2.05, 4.69) is 15.3 Å². The minimum atomic E-state index is -0.366. The minimum Gasteiger partial charge on any atom is -0.495 e. The molecule has 0 fully saturated rings. The molecular formula is C17H20ClN3O2S. The quantitative estimate of drug-likeness (QED) is 0.636. The zero-order valence-electron chi connectivity index (χ0n) is 14.3. The van der Waals surface area contributed by atoms with Crippen molar-refractivity contribution in [2.75, 3.05) is 12.4 Å². The Kier molecular flexibility index (Phi) is 6.07. The normalized spacial score (nSPS) is 11.9. The first kappa shape index (κ1) is 18.5. The van der Waals surface area contributed by atoms with Crippen molar-refractivity contribution in [3.05, 3.63) is 40.2 Å². The molecule has 1 aromatic carbocycles. The molecule has 7 heteroatoms. The van der Waals surface area contributed by atoms with Crippen molar-refractivity contribution in [1.29, 1.82) is 0 Å². The predicted octanol–water partition coefficient (Wildman–Crippen LogP) is 4.18. The van der Waals surface area contributed by atoms with E-state index in [1.807, 2.05) is 27.7 Å². The molecule has 0 radical (unpaired) electrons.